The van der Waals surface area contributed by atoms with Gasteiger partial charge in [-0.15, -0.1) is 0 Å². The second-order valence-electron chi connectivity index (χ2n) is 21.2. The second-order valence-corrected chi connectivity index (χ2v) is 32.0. The number of fused-ring (bicyclic) bond motifs is 2. The van der Waals surface area contributed by atoms with Crippen LogP contribution in [0.3, 0.4) is 0 Å². The van der Waals surface area contributed by atoms with E-state index in [0.717, 1.165) is 29.6 Å². The van der Waals surface area contributed by atoms with Crippen LogP contribution >= 0.6 is 55.4 Å². The van der Waals surface area contributed by atoms with E-state index in [1.165, 1.54) is 92.5 Å². The fourth-order valence-electron chi connectivity index (χ4n) is 8.88. The summed E-state index contributed by atoms with van der Waals surface area (Å²) in [6.45, 7) is 15.6. The lowest BCUT2D eigenvalue weighted by molar-refractivity contribution is -0.142. The normalized spacial score (nSPS) is 24.2. The van der Waals surface area contributed by atoms with E-state index in [4.69, 9.17) is 47.2 Å². The van der Waals surface area contributed by atoms with Crippen LogP contribution in [0.25, 0.3) is 23.8 Å². The number of aliphatic imine (C=N–C) groups is 2. The van der Waals surface area contributed by atoms with Crippen LogP contribution in [0, 0.1) is 23.5 Å². The summed E-state index contributed by atoms with van der Waals surface area (Å²) in [5, 5.41) is 0.337. The molecule has 2 fully saturated rings. The topological polar surface area (TPSA) is 268 Å². The van der Waals surface area contributed by atoms with Gasteiger partial charge in [-0.25, -0.2) is 47.2 Å². The molecule has 6 atom stereocenters. The fourth-order valence-corrected chi connectivity index (χ4v) is 13.0. The smallest absolute Gasteiger partial charge is 0.418 e. The average molecular weight is 1320 g/mol. The van der Waals surface area contributed by atoms with E-state index in [-0.39, 0.29) is 45.5 Å². The van der Waals surface area contributed by atoms with Gasteiger partial charge >= 0.3 is 28.4 Å². The fraction of sp³-hybridized carbons (Fsp3) is 0.431. The van der Waals surface area contributed by atoms with Crippen molar-refractivity contribution in [2.75, 3.05) is 27.6 Å². The first-order chi connectivity index (χ1) is 37.1. The van der Waals surface area contributed by atoms with Crippen molar-refractivity contribution in [1.82, 2.24) is 24.8 Å². The molecule has 0 spiro atoms. The summed E-state index contributed by atoms with van der Waals surface area (Å²) in [6, 6.07) is 9.28. The highest BCUT2D eigenvalue weighted by molar-refractivity contribution is 9.10. The Morgan fingerprint density at radius 3 is 1.62 bits per heavy atom. The molecule has 4 aromatic rings. The minimum atomic E-state index is -4.67. The van der Waals surface area contributed by atoms with Crippen LogP contribution in [0.15, 0.2) is 80.4 Å². The average Bonchev–Trinajstić information content (AvgIpc) is 3.26. The molecule has 0 bridgehead atoms. The van der Waals surface area contributed by atoms with Gasteiger partial charge in [-0.1, -0.05) is 55.3 Å². The van der Waals surface area contributed by atoms with Crippen molar-refractivity contribution in [3.8, 4) is 0 Å². The van der Waals surface area contributed by atoms with Crippen LogP contribution < -0.4 is 5.73 Å². The Morgan fingerprint density at radius 2 is 1.23 bits per heavy atom. The predicted octanol–water partition coefficient (Wildman–Crippen LogP) is 11.0. The van der Waals surface area contributed by atoms with Crippen LogP contribution in [0.2, 0.25) is 25.7 Å². The largest absolute Gasteiger partial charge is 0.468 e. The molecule has 2 aromatic carbocycles. The van der Waals surface area contributed by atoms with E-state index in [9.17, 15) is 23.2 Å². The van der Waals surface area contributed by atoms with E-state index in [1.54, 1.807) is 34.6 Å². The molecule has 2 aliphatic carbocycles. The zero-order chi connectivity index (χ0) is 59.6. The number of esters is 2. The van der Waals surface area contributed by atoms with Crippen molar-refractivity contribution in [1.29, 1.82) is 0 Å². The number of nitrogens with zero attached hydrogens (tertiary/aromatic N) is 7. The Hall–Kier alpha value is -5.14. The summed E-state index contributed by atoms with van der Waals surface area (Å²) in [5.41, 5.74) is 3.99. The number of benzene rings is 2. The van der Waals surface area contributed by atoms with Crippen molar-refractivity contribution in [3.63, 3.8) is 0 Å². The van der Waals surface area contributed by atoms with Crippen LogP contribution in [-0.4, -0.2) is 121 Å². The van der Waals surface area contributed by atoms with Crippen molar-refractivity contribution in [2.45, 2.75) is 99.3 Å². The Balaban J connectivity index is 0.000000253. The molecule has 2 aliphatic heterocycles. The highest BCUT2D eigenvalue weighted by atomic mass is 79.9. The number of methoxy groups -OCH3 is 2. The van der Waals surface area contributed by atoms with Gasteiger partial charge in [0.1, 0.15) is 54.1 Å². The molecular weight excluding hydrogens is 1260 g/mol. The quantitative estimate of drug-likeness (QED) is 0.0213. The Morgan fingerprint density at radius 1 is 0.787 bits per heavy atom. The molecule has 1 amide bonds. The second kappa shape index (κ2) is 24.8. The number of hydrogen-bond donors (Lipinski definition) is 3. The molecule has 8 rings (SSSR count). The first-order valence-corrected chi connectivity index (χ1v) is 32.5. The number of carbonyl (C=O) groups is 3. The highest BCUT2D eigenvalue weighted by Crippen LogP contribution is 2.68. The Bertz CT molecular complexity index is 3260. The van der Waals surface area contributed by atoms with Crippen molar-refractivity contribution < 1.29 is 68.4 Å². The molecule has 432 valence electrons. The monoisotopic (exact) mass is 1320 g/mol. The van der Waals surface area contributed by atoms with Crippen LogP contribution in [0.4, 0.5) is 22.4 Å². The van der Waals surface area contributed by atoms with Gasteiger partial charge in [0.25, 0.3) is 0 Å². The van der Waals surface area contributed by atoms with Gasteiger partial charge in [-0.05, 0) is 133 Å². The molecule has 4 aliphatic rings. The summed E-state index contributed by atoms with van der Waals surface area (Å²) >= 11 is 8.58. The summed E-state index contributed by atoms with van der Waals surface area (Å²) in [4.78, 5) is 65.8. The number of ether oxygens (including phenoxy) is 4. The number of rotatable bonds is 13. The third kappa shape index (κ3) is 15.5. The molecule has 0 saturated heterocycles. The molecule has 4 heterocycles. The number of halogens is 6. The number of nitrogens with two attached hydrogens (primary N) is 1. The first kappa shape index (κ1) is 64.0. The van der Waals surface area contributed by atoms with Crippen LogP contribution in [-0.2, 0) is 50.0 Å². The van der Waals surface area contributed by atoms with Crippen LogP contribution in [0.1, 0.15) is 81.1 Å². The molecular formula is C51H58Br2F4N8O11S3Si. The molecule has 19 nitrogen and oxygen atoms in total. The molecule has 4 N–H and O–H groups in total. The number of thioether (sulfide) groups is 2. The maximum Gasteiger partial charge on any atom is 0.418 e. The van der Waals surface area contributed by atoms with Gasteiger partial charge in [-0.2, -0.15) is 8.42 Å². The van der Waals surface area contributed by atoms with Gasteiger partial charge < -0.3 is 24.7 Å². The number of carbonyl (C=O) groups excluding carboxylic acids is 3. The van der Waals surface area contributed by atoms with Crippen molar-refractivity contribution in [3.05, 3.63) is 116 Å². The summed E-state index contributed by atoms with van der Waals surface area (Å²) in [5.74, 6) is -4.03. The molecule has 0 radical (unpaired) electrons. The molecule has 29 heteroatoms. The van der Waals surface area contributed by atoms with Crippen LogP contribution in [0.5, 0.6) is 0 Å². The van der Waals surface area contributed by atoms with Gasteiger partial charge in [0.15, 0.2) is 22.0 Å². The maximum absolute atomic E-state index is 15.7. The predicted molar refractivity (Wildman–Crippen MR) is 306 cm³/mol. The molecule has 2 saturated carbocycles. The summed E-state index contributed by atoms with van der Waals surface area (Å²) in [6.07, 6.45) is 7.89. The van der Waals surface area contributed by atoms with Gasteiger partial charge in [0, 0.05) is 37.6 Å². The number of aromatic nitrogens is 4. The van der Waals surface area contributed by atoms with E-state index in [0.29, 0.717) is 39.8 Å². The lowest BCUT2D eigenvalue weighted by Gasteiger charge is -2.37. The third-order valence-electron chi connectivity index (χ3n) is 12.9. The van der Waals surface area contributed by atoms with Gasteiger partial charge in [0.2, 0.25) is 0 Å². The van der Waals surface area contributed by atoms with E-state index in [1.807, 2.05) is 0 Å². The number of hydrogen-bond acceptors (Lipinski definition) is 18. The number of amidine groups is 2. The summed E-state index contributed by atoms with van der Waals surface area (Å²) in [7, 11) is -3.49. The highest BCUT2D eigenvalue weighted by Gasteiger charge is 2.73. The standard InChI is InChI=1S/C31H39BrF2N4O5SSi.C20H17BrF2N4O2S.H2O4S/c1-29(2,3)43-28(40)38(18-42-11-12-45(6,7)8)27-37-30(4,24-15-31(24,44-27)26(39)41-5)20-13-19(9-10-21(20)33)14-22(34)23-16-36-25(32)17-35-23;1-19(15-7-20(15,17(28)29-2)30-18(24)27-19)11-5-10(3-4-12(11)22)6-13(23)14-8-26-16(21)9-25-14;1-5(2,3)4/h9-10,13-14,16-17,24H,11-12,15,18H2,1-8H3;3-6,8-9,15H,7H2,1-2H3,(H2,24,27);(H2,1,2,3,4)/b22-14-;13-6-;/t24-,30+,31-;15-,19+,20-;/m00./s1. The number of amides is 1. The molecule has 2 aromatic heterocycles. The van der Waals surface area contributed by atoms with E-state index < -0.39 is 91.9 Å². The lowest BCUT2D eigenvalue weighted by atomic mass is 9.84. The Labute approximate surface area is 486 Å². The minimum absolute atomic E-state index is 0.0127. The third-order valence-corrected chi connectivity index (χ3v) is 18.2. The van der Waals surface area contributed by atoms with E-state index >= 15 is 8.78 Å². The van der Waals surface area contributed by atoms with Crippen molar-refractivity contribution >= 4 is 126 Å². The van der Waals surface area contributed by atoms with Crippen molar-refractivity contribution in [2.24, 2.45) is 27.6 Å². The molecule has 0 unspecified atom stereocenters. The Kier molecular flexibility index (Phi) is 19.8. The maximum atomic E-state index is 15.7. The zero-order valence-electron chi connectivity index (χ0n) is 44.9. The van der Waals surface area contributed by atoms with E-state index in [2.05, 4.69) is 76.4 Å². The SMILES string of the molecule is COC(=O)[C@]12C[C@H]1[C@@](C)(c1cc(/C=C(\F)c3cnc(Br)cn3)ccc1F)N=C(N(COCC[Si](C)(C)C)C(=O)OC(C)(C)C)S2.COC(=O)[C@]12C[C@H]1[C@@](C)(c1cc(/C=C(\F)c3cnc(Br)cn3)ccc1F)N=C(N)S2.O=S(=O)(O)O. The lowest BCUT2D eigenvalue weighted by Crippen LogP contribution is -2.47. The zero-order valence-corrected chi connectivity index (χ0v) is 51.5. The first-order valence-electron chi connectivity index (χ1n) is 24.2. The summed E-state index contributed by atoms with van der Waals surface area (Å²) < 4.78 is 113. The molecule has 80 heavy (non-hydrogen) atoms. The van der Waals surface area contributed by atoms with Gasteiger partial charge in [0.05, 0.1) is 50.1 Å². The van der Waals surface area contributed by atoms with Gasteiger partial charge in [-0.3, -0.25) is 28.7 Å². The minimum Gasteiger partial charge on any atom is -0.468 e.